The van der Waals surface area contributed by atoms with E-state index in [0.29, 0.717) is 17.4 Å². The normalized spacial score (nSPS) is 14.5. The fraction of sp³-hybridized carbons (Fsp3) is 0.286. The number of imidazole rings is 1. The van der Waals surface area contributed by atoms with Gasteiger partial charge in [0.1, 0.15) is 5.52 Å². The molecule has 0 aliphatic heterocycles. The molecule has 0 bridgehead atoms. The lowest BCUT2D eigenvalue weighted by atomic mass is 10.3. The van der Waals surface area contributed by atoms with Crippen LogP contribution in [0.15, 0.2) is 30.9 Å². The summed E-state index contributed by atoms with van der Waals surface area (Å²) in [6.45, 7) is 0.672. The number of rotatable bonds is 4. The Balaban J connectivity index is 1.71. The molecule has 7 heteroatoms. The van der Waals surface area contributed by atoms with Crippen LogP contribution < -0.4 is 5.32 Å². The average molecular weight is 298 g/mol. The first-order chi connectivity index (χ1) is 10.3. The molecule has 0 aromatic carbocycles. The monoisotopic (exact) mass is 298 g/mol. The molecule has 0 spiro atoms. The van der Waals surface area contributed by atoms with Crippen molar-refractivity contribution < 1.29 is 0 Å². The van der Waals surface area contributed by atoms with Crippen LogP contribution in [-0.4, -0.2) is 24.5 Å². The molecule has 4 rings (SSSR count). The molecule has 3 aromatic rings. The van der Waals surface area contributed by atoms with E-state index in [2.05, 4.69) is 29.8 Å². The highest BCUT2D eigenvalue weighted by Crippen LogP contribution is 2.37. The molecule has 0 unspecified atom stereocenters. The molecule has 3 aromatic heterocycles. The van der Waals surface area contributed by atoms with Crippen LogP contribution in [0.1, 0.15) is 24.4 Å². The number of anilines is 1. The summed E-state index contributed by atoms with van der Waals surface area (Å²) in [5.41, 5.74) is 2.93. The Hall–Kier alpha value is -2.28. The maximum atomic E-state index is 5.43. The minimum Gasteiger partial charge on any atom is -0.364 e. The van der Waals surface area contributed by atoms with Gasteiger partial charge in [-0.1, -0.05) is 0 Å². The second kappa shape index (κ2) is 4.92. The van der Waals surface area contributed by atoms with E-state index in [1.165, 1.54) is 0 Å². The first kappa shape index (κ1) is 12.5. The Labute approximate surface area is 126 Å². The SMILES string of the molecule is S=c1nc(NCc2ccncc2)c2[nH]cnc2n1C1CC1. The van der Waals surface area contributed by atoms with E-state index in [1.54, 1.807) is 18.7 Å². The van der Waals surface area contributed by atoms with E-state index < -0.39 is 0 Å². The number of aromatic nitrogens is 5. The maximum absolute atomic E-state index is 5.43. The largest absolute Gasteiger partial charge is 0.364 e. The van der Waals surface area contributed by atoms with Crippen LogP contribution in [0.5, 0.6) is 0 Å². The topological polar surface area (TPSA) is 71.4 Å². The number of hydrogen-bond donors (Lipinski definition) is 2. The third kappa shape index (κ3) is 2.29. The van der Waals surface area contributed by atoms with Gasteiger partial charge in [0.15, 0.2) is 11.5 Å². The molecule has 1 saturated carbocycles. The van der Waals surface area contributed by atoms with Gasteiger partial charge < -0.3 is 10.3 Å². The van der Waals surface area contributed by atoms with Crippen LogP contribution in [0.4, 0.5) is 5.82 Å². The van der Waals surface area contributed by atoms with Crippen LogP contribution in [0.3, 0.4) is 0 Å². The molecule has 106 valence electrons. The van der Waals surface area contributed by atoms with E-state index in [4.69, 9.17) is 12.2 Å². The van der Waals surface area contributed by atoms with Gasteiger partial charge in [-0.2, -0.15) is 0 Å². The van der Waals surface area contributed by atoms with Crippen molar-refractivity contribution in [3.05, 3.63) is 41.2 Å². The Morgan fingerprint density at radius 1 is 1.33 bits per heavy atom. The van der Waals surface area contributed by atoms with Crippen LogP contribution in [0.25, 0.3) is 11.2 Å². The molecule has 21 heavy (non-hydrogen) atoms. The Morgan fingerprint density at radius 3 is 2.90 bits per heavy atom. The lowest BCUT2D eigenvalue weighted by Gasteiger charge is -2.10. The fourth-order valence-corrected chi connectivity index (χ4v) is 2.74. The van der Waals surface area contributed by atoms with Crippen molar-refractivity contribution >= 4 is 29.2 Å². The van der Waals surface area contributed by atoms with Crippen molar-refractivity contribution in [2.45, 2.75) is 25.4 Å². The quantitative estimate of drug-likeness (QED) is 0.725. The van der Waals surface area contributed by atoms with E-state index in [0.717, 1.165) is 35.4 Å². The predicted molar refractivity (Wildman–Crippen MR) is 82.5 cm³/mol. The van der Waals surface area contributed by atoms with Gasteiger partial charge >= 0.3 is 0 Å². The molecule has 0 radical (unpaired) electrons. The van der Waals surface area contributed by atoms with E-state index in [-0.39, 0.29) is 0 Å². The van der Waals surface area contributed by atoms with Gasteiger partial charge in [0.2, 0.25) is 4.77 Å². The van der Waals surface area contributed by atoms with Crippen LogP contribution in [0, 0.1) is 4.77 Å². The molecule has 1 fully saturated rings. The number of hydrogen-bond acceptors (Lipinski definition) is 5. The first-order valence-electron chi connectivity index (χ1n) is 6.91. The summed E-state index contributed by atoms with van der Waals surface area (Å²) in [6.07, 6.45) is 7.56. The number of aromatic amines is 1. The predicted octanol–water partition coefficient (Wildman–Crippen LogP) is 2.83. The first-order valence-corrected chi connectivity index (χ1v) is 7.32. The zero-order valence-electron chi connectivity index (χ0n) is 11.3. The lowest BCUT2D eigenvalue weighted by molar-refractivity contribution is 0.727. The van der Waals surface area contributed by atoms with Crippen molar-refractivity contribution in [1.29, 1.82) is 0 Å². The van der Waals surface area contributed by atoms with Crippen molar-refractivity contribution in [3.63, 3.8) is 0 Å². The molecule has 3 heterocycles. The van der Waals surface area contributed by atoms with Crippen LogP contribution in [0.2, 0.25) is 0 Å². The van der Waals surface area contributed by atoms with Gasteiger partial charge in [-0.25, -0.2) is 9.97 Å². The molecular weight excluding hydrogens is 284 g/mol. The highest BCUT2D eigenvalue weighted by Gasteiger charge is 2.27. The van der Waals surface area contributed by atoms with Gasteiger partial charge in [-0.05, 0) is 42.8 Å². The number of fused-ring (bicyclic) bond motifs is 1. The van der Waals surface area contributed by atoms with E-state index in [1.807, 2.05) is 12.1 Å². The smallest absolute Gasteiger partial charge is 0.203 e. The fourth-order valence-electron chi connectivity index (χ4n) is 2.42. The van der Waals surface area contributed by atoms with Gasteiger partial charge in [0.25, 0.3) is 0 Å². The number of H-pyrrole nitrogens is 1. The maximum Gasteiger partial charge on any atom is 0.203 e. The van der Waals surface area contributed by atoms with Gasteiger partial charge in [-0.15, -0.1) is 0 Å². The highest BCUT2D eigenvalue weighted by atomic mass is 32.1. The molecule has 0 amide bonds. The molecule has 2 N–H and O–H groups in total. The van der Waals surface area contributed by atoms with Crippen molar-refractivity contribution in [1.82, 2.24) is 24.5 Å². The molecule has 0 atom stereocenters. The number of nitrogens with one attached hydrogen (secondary N) is 2. The second-order valence-corrected chi connectivity index (χ2v) is 5.52. The summed E-state index contributed by atoms with van der Waals surface area (Å²) in [5, 5.41) is 3.33. The minimum absolute atomic E-state index is 0.463. The molecule has 1 aliphatic carbocycles. The highest BCUT2D eigenvalue weighted by molar-refractivity contribution is 7.71. The van der Waals surface area contributed by atoms with E-state index >= 15 is 0 Å². The number of nitrogens with zero attached hydrogens (tertiary/aromatic N) is 4. The molecular formula is C14H14N6S. The summed E-state index contributed by atoms with van der Waals surface area (Å²) in [7, 11) is 0. The van der Waals surface area contributed by atoms with Crippen molar-refractivity contribution in [2.24, 2.45) is 0 Å². The summed E-state index contributed by atoms with van der Waals surface area (Å²) in [5.74, 6) is 0.751. The molecule has 0 saturated heterocycles. The summed E-state index contributed by atoms with van der Waals surface area (Å²) in [4.78, 5) is 16.1. The average Bonchev–Trinajstić information content (AvgIpc) is 3.21. The zero-order chi connectivity index (χ0) is 14.2. The van der Waals surface area contributed by atoms with Crippen LogP contribution >= 0.6 is 12.2 Å². The van der Waals surface area contributed by atoms with Gasteiger partial charge in [0, 0.05) is 25.0 Å². The Kier molecular flexibility index (Phi) is 2.92. The third-order valence-electron chi connectivity index (χ3n) is 3.62. The second-order valence-electron chi connectivity index (χ2n) is 5.15. The summed E-state index contributed by atoms with van der Waals surface area (Å²) < 4.78 is 2.65. The van der Waals surface area contributed by atoms with Gasteiger partial charge in [-0.3, -0.25) is 9.55 Å². The zero-order valence-corrected chi connectivity index (χ0v) is 12.1. The summed E-state index contributed by atoms with van der Waals surface area (Å²) >= 11 is 5.43. The molecule has 6 nitrogen and oxygen atoms in total. The standard InChI is InChI=1S/C14H14N6S/c21-14-19-12(16-7-9-3-5-15-6-4-9)11-13(18-8-17-11)20(14)10-1-2-10/h3-6,8,10H,1-2,7H2,(H,17,18)(H,16,19,21). The molecule has 1 aliphatic rings. The van der Waals surface area contributed by atoms with Crippen molar-refractivity contribution in [3.8, 4) is 0 Å². The van der Waals surface area contributed by atoms with Crippen molar-refractivity contribution in [2.75, 3.05) is 5.32 Å². The van der Waals surface area contributed by atoms with E-state index in [9.17, 15) is 0 Å². The minimum atomic E-state index is 0.463. The Bertz CT molecular complexity index is 834. The summed E-state index contributed by atoms with van der Waals surface area (Å²) in [6, 6.07) is 4.41. The van der Waals surface area contributed by atoms with Gasteiger partial charge in [0.05, 0.1) is 6.33 Å². The lowest BCUT2D eigenvalue weighted by Crippen LogP contribution is -2.08. The van der Waals surface area contributed by atoms with Crippen LogP contribution in [-0.2, 0) is 6.54 Å². The number of pyridine rings is 1. The Morgan fingerprint density at radius 2 is 2.14 bits per heavy atom. The third-order valence-corrected chi connectivity index (χ3v) is 3.91.